The van der Waals surface area contributed by atoms with E-state index in [-0.39, 0.29) is 24.0 Å². The number of aliphatic carboxylic acids is 1. The van der Waals surface area contributed by atoms with Gasteiger partial charge in [0.05, 0.1) is 0 Å². The van der Waals surface area contributed by atoms with E-state index in [4.69, 9.17) is 9.84 Å². The van der Waals surface area contributed by atoms with Crippen molar-refractivity contribution in [1.29, 1.82) is 0 Å². The van der Waals surface area contributed by atoms with Crippen molar-refractivity contribution in [3.8, 4) is 11.1 Å². The van der Waals surface area contributed by atoms with E-state index in [1.807, 2.05) is 36.4 Å². The van der Waals surface area contributed by atoms with Gasteiger partial charge >= 0.3 is 12.1 Å². The molecular formula is C23H19N3O5. The smallest absolute Gasteiger partial charge is 0.412 e. The summed E-state index contributed by atoms with van der Waals surface area (Å²) in [5.74, 6) is -1.76. The van der Waals surface area contributed by atoms with Crippen molar-refractivity contribution in [2.24, 2.45) is 0 Å². The number of amides is 2. The van der Waals surface area contributed by atoms with Gasteiger partial charge in [0, 0.05) is 5.92 Å². The second kappa shape index (κ2) is 8.66. The predicted octanol–water partition coefficient (Wildman–Crippen LogP) is 3.26. The summed E-state index contributed by atoms with van der Waals surface area (Å²) in [5, 5.41) is 13.4. The second-order valence-corrected chi connectivity index (χ2v) is 6.94. The number of fused-ring (bicyclic) bond motifs is 3. The van der Waals surface area contributed by atoms with E-state index in [2.05, 4.69) is 27.8 Å². The van der Waals surface area contributed by atoms with Crippen molar-refractivity contribution in [2.45, 2.75) is 5.92 Å². The summed E-state index contributed by atoms with van der Waals surface area (Å²) in [7, 11) is 0. The Morgan fingerprint density at radius 2 is 1.55 bits per heavy atom. The molecule has 2 aromatic carbocycles. The minimum absolute atomic E-state index is 0.0160. The molecule has 0 aliphatic heterocycles. The van der Waals surface area contributed by atoms with Crippen molar-refractivity contribution in [3.63, 3.8) is 0 Å². The van der Waals surface area contributed by atoms with Gasteiger partial charge in [0.2, 0.25) is 0 Å². The van der Waals surface area contributed by atoms with Crippen LogP contribution in [-0.4, -0.2) is 41.2 Å². The minimum Gasteiger partial charge on any atom is -0.480 e. The lowest BCUT2D eigenvalue weighted by molar-refractivity contribution is -0.135. The monoisotopic (exact) mass is 417 g/mol. The van der Waals surface area contributed by atoms with Gasteiger partial charge in [-0.05, 0) is 34.4 Å². The van der Waals surface area contributed by atoms with Crippen LogP contribution < -0.4 is 10.6 Å². The summed E-state index contributed by atoms with van der Waals surface area (Å²) < 4.78 is 5.45. The molecular weight excluding hydrogens is 398 g/mol. The summed E-state index contributed by atoms with van der Waals surface area (Å²) in [6.45, 7) is -0.372. The third kappa shape index (κ3) is 4.37. The van der Waals surface area contributed by atoms with Crippen LogP contribution in [-0.2, 0) is 9.53 Å². The van der Waals surface area contributed by atoms with Gasteiger partial charge in [-0.2, -0.15) is 0 Å². The Morgan fingerprint density at radius 1 is 0.903 bits per heavy atom. The third-order valence-electron chi connectivity index (χ3n) is 4.96. The summed E-state index contributed by atoms with van der Waals surface area (Å²) in [6.07, 6.45) is -0.697. The Labute approximate surface area is 177 Å². The van der Waals surface area contributed by atoms with Crippen molar-refractivity contribution in [3.05, 3.63) is 83.6 Å². The molecule has 0 fully saturated rings. The number of anilines is 1. The number of rotatable bonds is 6. The predicted molar refractivity (Wildman–Crippen MR) is 113 cm³/mol. The number of carbonyl (C=O) groups excluding carboxylic acids is 2. The zero-order valence-corrected chi connectivity index (χ0v) is 16.4. The molecule has 156 valence electrons. The Hall–Kier alpha value is -4.20. The van der Waals surface area contributed by atoms with E-state index >= 15 is 0 Å². The summed E-state index contributed by atoms with van der Waals surface area (Å²) >= 11 is 0. The lowest BCUT2D eigenvalue weighted by Crippen LogP contribution is -2.30. The molecule has 1 aliphatic carbocycles. The molecule has 0 saturated heterocycles. The zero-order chi connectivity index (χ0) is 21.8. The number of nitrogens with zero attached hydrogens (tertiary/aromatic N) is 1. The van der Waals surface area contributed by atoms with E-state index in [1.165, 1.54) is 18.2 Å². The Morgan fingerprint density at radius 3 is 2.19 bits per heavy atom. The van der Waals surface area contributed by atoms with Gasteiger partial charge in [0.1, 0.15) is 24.7 Å². The van der Waals surface area contributed by atoms with Gasteiger partial charge in [-0.3, -0.25) is 14.9 Å². The molecule has 8 heteroatoms. The van der Waals surface area contributed by atoms with Gasteiger partial charge in [0.15, 0.2) is 0 Å². The van der Waals surface area contributed by atoms with E-state index in [0.29, 0.717) is 0 Å². The maximum Gasteiger partial charge on any atom is 0.412 e. The molecule has 1 aliphatic rings. The highest BCUT2D eigenvalue weighted by molar-refractivity contribution is 5.95. The summed E-state index contributed by atoms with van der Waals surface area (Å²) in [6, 6.07) is 20.5. The first kappa shape index (κ1) is 20.1. The molecule has 0 bridgehead atoms. The van der Waals surface area contributed by atoms with Gasteiger partial charge in [-0.15, -0.1) is 0 Å². The van der Waals surface area contributed by atoms with Crippen LogP contribution in [0.2, 0.25) is 0 Å². The molecule has 0 saturated carbocycles. The number of hydrogen-bond acceptors (Lipinski definition) is 5. The number of ether oxygens (including phenoxy) is 1. The molecule has 1 aromatic heterocycles. The first-order valence-electron chi connectivity index (χ1n) is 9.62. The minimum atomic E-state index is -1.17. The first-order chi connectivity index (χ1) is 15.0. The number of benzene rings is 2. The summed E-state index contributed by atoms with van der Waals surface area (Å²) in [4.78, 5) is 38.9. The standard InChI is InChI=1S/C23H19N3O5/c27-21(28)12-24-22(29)19-10-5-11-20(25-19)26-23(30)31-13-18-16-8-3-1-6-14(16)15-7-2-4-9-17(15)18/h1-11,18H,12-13H2,(H,24,29)(H,27,28)(H,25,26,30). The van der Waals surface area contributed by atoms with Gasteiger partial charge in [-0.25, -0.2) is 9.78 Å². The van der Waals surface area contributed by atoms with Crippen molar-refractivity contribution in [2.75, 3.05) is 18.5 Å². The molecule has 4 rings (SSSR count). The van der Waals surface area contributed by atoms with E-state index in [9.17, 15) is 14.4 Å². The highest BCUT2D eigenvalue weighted by atomic mass is 16.5. The Kier molecular flexibility index (Phi) is 5.61. The second-order valence-electron chi connectivity index (χ2n) is 6.94. The van der Waals surface area contributed by atoms with Crippen molar-refractivity contribution in [1.82, 2.24) is 10.3 Å². The van der Waals surface area contributed by atoms with Crippen LogP contribution in [0.25, 0.3) is 11.1 Å². The molecule has 2 amide bonds. The molecule has 0 spiro atoms. The van der Waals surface area contributed by atoms with Crippen LogP contribution >= 0.6 is 0 Å². The fourth-order valence-corrected chi connectivity index (χ4v) is 3.62. The normalized spacial score (nSPS) is 11.9. The molecule has 31 heavy (non-hydrogen) atoms. The van der Waals surface area contributed by atoms with Crippen LogP contribution in [0.3, 0.4) is 0 Å². The van der Waals surface area contributed by atoms with Crippen LogP contribution in [0.4, 0.5) is 10.6 Å². The lowest BCUT2D eigenvalue weighted by Gasteiger charge is -2.14. The number of carboxylic acids is 1. The third-order valence-corrected chi connectivity index (χ3v) is 4.96. The number of carboxylic acid groups (broad SMARTS) is 1. The molecule has 0 radical (unpaired) electrons. The number of aromatic nitrogens is 1. The number of carbonyl (C=O) groups is 3. The molecule has 0 unspecified atom stereocenters. The van der Waals surface area contributed by atoms with E-state index in [0.717, 1.165) is 22.3 Å². The average Bonchev–Trinajstić information content (AvgIpc) is 3.10. The molecule has 0 atom stereocenters. The lowest BCUT2D eigenvalue weighted by atomic mass is 9.98. The van der Waals surface area contributed by atoms with Crippen LogP contribution in [0.5, 0.6) is 0 Å². The van der Waals surface area contributed by atoms with Crippen molar-refractivity contribution >= 4 is 23.8 Å². The average molecular weight is 417 g/mol. The topological polar surface area (TPSA) is 118 Å². The zero-order valence-electron chi connectivity index (χ0n) is 16.4. The Balaban J connectivity index is 1.41. The quantitative estimate of drug-likeness (QED) is 0.567. The van der Waals surface area contributed by atoms with E-state index in [1.54, 1.807) is 0 Å². The van der Waals surface area contributed by atoms with E-state index < -0.39 is 24.5 Å². The van der Waals surface area contributed by atoms with Crippen LogP contribution in [0, 0.1) is 0 Å². The maximum absolute atomic E-state index is 12.3. The molecule has 3 N–H and O–H groups in total. The first-order valence-corrected chi connectivity index (χ1v) is 9.62. The highest BCUT2D eigenvalue weighted by Gasteiger charge is 2.29. The SMILES string of the molecule is O=C(O)CNC(=O)c1cccc(NC(=O)OCC2c3ccccc3-c3ccccc32)n1. The largest absolute Gasteiger partial charge is 0.480 e. The number of nitrogens with one attached hydrogen (secondary N) is 2. The number of hydrogen-bond donors (Lipinski definition) is 3. The fraction of sp³-hybridized carbons (Fsp3) is 0.130. The molecule has 8 nitrogen and oxygen atoms in total. The fourth-order valence-electron chi connectivity index (χ4n) is 3.62. The molecule has 1 heterocycles. The Bertz CT molecular complexity index is 1120. The molecule has 3 aromatic rings. The van der Waals surface area contributed by atoms with Gasteiger partial charge < -0.3 is 15.2 Å². The highest BCUT2D eigenvalue weighted by Crippen LogP contribution is 2.44. The van der Waals surface area contributed by atoms with Crippen LogP contribution in [0.15, 0.2) is 66.7 Å². The van der Waals surface area contributed by atoms with Gasteiger partial charge in [-0.1, -0.05) is 54.6 Å². The number of pyridine rings is 1. The maximum atomic E-state index is 12.3. The van der Waals surface area contributed by atoms with Gasteiger partial charge in [0.25, 0.3) is 5.91 Å². The van der Waals surface area contributed by atoms with Crippen molar-refractivity contribution < 1.29 is 24.2 Å². The van der Waals surface area contributed by atoms with Crippen LogP contribution in [0.1, 0.15) is 27.5 Å². The summed E-state index contributed by atoms with van der Waals surface area (Å²) in [5.41, 5.74) is 4.46.